The van der Waals surface area contributed by atoms with Crippen molar-refractivity contribution < 1.29 is 44.4 Å². The van der Waals surface area contributed by atoms with Crippen LogP contribution in [0.2, 0.25) is 0 Å². The van der Waals surface area contributed by atoms with E-state index in [1.807, 2.05) is 0 Å². The molecule has 5 atom stereocenters. The van der Waals surface area contributed by atoms with Crippen LogP contribution in [0.3, 0.4) is 0 Å². The summed E-state index contributed by atoms with van der Waals surface area (Å²) in [5.41, 5.74) is 7.21. The SMILES string of the molecule is CC(O)C(NC(=O)C(N)Cc1ccccc1)C(=O)NC(Cc1ccc(O)cc1)C(=O)NC(CC(=O)O)C(=O)O. The van der Waals surface area contributed by atoms with Gasteiger partial charge in [0.05, 0.1) is 18.6 Å². The van der Waals surface area contributed by atoms with Crippen molar-refractivity contribution in [1.82, 2.24) is 16.0 Å². The first-order valence-corrected chi connectivity index (χ1v) is 12.0. The number of carbonyl (C=O) groups is 5. The van der Waals surface area contributed by atoms with Crippen LogP contribution in [0.4, 0.5) is 0 Å². The predicted octanol–water partition coefficient (Wildman–Crippen LogP) is -1.10. The Labute approximate surface area is 224 Å². The van der Waals surface area contributed by atoms with E-state index >= 15 is 0 Å². The van der Waals surface area contributed by atoms with Gasteiger partial charge < -0.3 is 42.1 Å². The molecule has 0 heterocycles. The van der Waals surface area contributed by atoms with Gasteiger partial charge in [-0.2, -0.15) is 0 Å². The van der Waals surface area contributed by atoms with E-state index in [4.69, 9.17) is 10.8 Å². The van der Waals surface area contributed by atoms with Crippen LogP contribution in [0, 0.1) is 0 Å². The molecule has 0 aliphatic rings. The van der Waals surface area contributed by atoms with Gasteiger partial charge in [-0.25, -0.2) is 4.79 Å². The van der Waals surface area contributed by atoms with Crippen LogP contribution >= 0.6 is 0 Å². The van der Waals surface area contributed by atoms with Crippen molar-refractivity contribution in [2.45, 2.75) is 56.5 Å². The average molecular weight is 545 g/mol. The summed E-state index contributed by atoms with van der Waals surface area (Å²) in [7, 11) is 0. The maximum Gasteiger partial charge on any atom is 0.326 e. The fourth-order valence-electron chi connectivity index (χ4n) is 3.61. The highest BCUT2D eigenvalue weighted by Gasteiger charge is 2.33. The first-order valence-electron chi connectivity index (χ1n) is 12.0. The number of carboxylic acid groups (broad SMARTS) is 2. The molecule has 5 unspecified atom stereocenters. The largest absolute Gasteiger partial charge is 0.508 e. The lowest BCUT2D eigenvalue weighted by atomic mass is 10.0. The van der Waals surface area contributed by atoms with Crippen LogP contribution in [-0.4, -0.2) is 80.4 Å². The molecule has 0 aromatic heterocycles. The zero-order chi connectivity index (χ0) is 29.1. The highest BCUT2D eigenvalue weighted by molar-refractivity contribution is 5.95. The van der Waals surface area contributed by atoms with Gasteiger partial charge in [0.2, 0.25) is 17.7 Å². The molecule has 0 saturated carbocycles. The number of aliphatic hydroxyl groups excluding tert-OH is 1. The van der Waals surface area contributed by atoms with Crippen LogP contribution < -0.4 is 21.7 Å². The Kier molecular flexibility index (Phi) is 11.4. The lowest BCUT2D eigenvalue weighted by Crippen LogP contribution is -2.60. The zero-order valence-electron chi connectivity index (χ0n) is 21.1. The minimum absolute atomic E-state index is 0.0556. The summed E-state index contributed by atoms with van der Waals surface area (Å²) in [5, 5.41) is 44.8. The standard InChI is InChI=1S/C26H32N4O9/c1-14(31)22(30-23(35)18(27)11-15-5-3-2-4-6-15)25(37)28-19(12-16-7-9-17(32)10-8-16)24(36)29-20(26(38)39)13-21(33)34/h2-10,14,18-20,22,31-32H,11-13,27H2,1H3,(H,28,37)(H,29,36)(H,30,35)(H,33,34)(H,38,39). The van der Waals surface area contributed by atoms with Gasteiger partial charge in [0.15, 0.2) is 0 Å². The van der Waals surface area contributed by atoms with Crippen LogP contribution in [0.5, 0.6) is 5.75 Å². The monoisotopic (exact) mass is 544 g/mol. The summed E-state index contributed by atoms with van der Waals surface area (Å²) < 4.78 is 0. The number of nitrogens with one attached hydrogen (secondary N) is 3. The van der Waals surface area contributed by atoms with Crippen LogP contribution in [-0.2, 0) is 36.8 Å². The number of hydrogen-bond acceptors (Lipinski definition) is 8. The summed E-state index contributed by atoms with van der Waals surface area (Å²) in [6, 6.07) is 8.70. The smallest absolute Gasteiger partial charge is 0.326 e. The molecule has 0 bridgehead atoms. The maximum atomic E-state index is 13.1. The first kappa shape index (κ1) is 30.7. The van der Waals surface area contributed by atoms with E-state index in [9.17, 15) is 39.3 Å². The minimum atomic E-state index is -1.78. The van der Waals surface area contributed by atoms with E-state index in [-0.39, 0.29) is 18.6 Å². The lowest BCUT2D eigenvalue weighted by Gasteiger charge is -2.26. The number of carboxylic acids is 2. The zero-order valence-corrected chi connectivity index (χ0v) is 21.1. The third kappa shape index (κ3) is 10.1. The number of aliphatic hydroxyl groups is 1. The van der Waals surface area contributed by atoms with Crippen molar-refractivity contribution in [1.29, 1.82) is 0 Å². The molecule has 0 radical (unpaired) electrons. The molecule has 2 aromatic carbocycles. The van der Waals surface area contributed by atoms with Crippen LogP contribution in [0.1, 0.15) is 24.5 Å². The Morgan fingerprint density at radius 3 is 1.87 bits per heavy atom. The number of benzene rings is 2. The Morgan fingerprint density at radius 1 is 0.769 bits per heavy atom. The number of aromatic hydroxyl groups is 1. The molecule has 0 spiro atoms. The Hall–Kier alpha value is -4.49. The summed E-state index contributed by atoms with van der Waals surface area (Å²) in [4.78, 5) is 61.2. The summed E-state index contributed by atoms with van der Waals surface area (Å²) >= 11 is 0. The van der Waals surface area contributed by atoms with Crippen molar-refractivity contribution >= 4 is 29.7 Å². The molecular formula is C26H32N4O9. The van der Waals surface area contributed by atoms with E-state index in [0.717, 1.165) is 5.56 Å². The molecule has 210 valence electrons. The van der Waals surface area contributed by atoms with Gasteiger partial charge in [-0.15, -0.1) is 0 Å². The van der Waals surface area contributed by atoms with Crippen molar-refractivity contribution in [2.24, 2.45) is 5.73 Å². The minimum Gasteiger partial charge on any atom is -0.508 e. The maximum absolute atomic E-state index is 13.1. The summed E-state index contributed by atoms with van der Waals surface area (Å²) in [6.07, 6.45) is -2.35. The van der Waals surface area contributed by atoms with Crippen molar-refractivity contribution in [3.05, 3.63) is 65.7 Å². The van der Waals surface area contributed by atoms with Gasteiger partial charge in [-0.3, -0.25) is 19.2 Å². The Bertz CT molecular complexity index is 1160. The number of carbonyl (C=O) groups excluding carboxylic acids is 3. The summed E-state index contributed by atoms with van der Waals surface area (Å²) in [6.45, 7) is 1.25. The number of aliphatic carboxylic acids is 2. The van der Waals surface area contributed by atoms with E-state index < -0.39 is 66.4 Å². The molecule has 9 N–H and O–H groups in total. The quantitative estimate of drug-likeness (QED) is 0.143. The van der Waals surface area contributed by atoms with Gasteiger partial charge in [0, 0.05) is 6.42 Å². The predicted molar refractivity (Wildman–Crippen MR) is 137 cm³/mol. The topological polar surface area (TPSA) is 228 Å². The van der Waals surface area contributed by atoms with Crippen LogP contribution in [0.25, 0.3) is 0 Å². The third-order valence-electron chi connectivity index (χ3n) is 5.70. The highest BCUT2D eigenvalue weighted by Crippen LogP contribution is 2.12. The second-order valence-corrected chi connectivity index (χ2v) is 8.95. The molecule has 0 fully saturated rings. The second kappa shape index (κ2) is 14.4. The summed E-state index contributed by atoms with van der Waals surface area (Å²) in [5.74, 6) is -5.82. The van der Waals surface area contributed by atoms with E-state index in [0.29, 0.717) is 5.56 Å². The molecule has 0 saturated heterocycles. The molecule has 13 heteroatoms. The Morgan fingerprint density at radius 2 is 1.33 bits per heavy atom. The van der Waals surface area contributed by atoms with E-state index in [1.54, 1.807) is 30.3 Å². The molecule has 3 amide bonds. The number of phenols is 1. The molecule has 2 rings (SSSR count). The van der Waals surface area contributed by atoms with Crippen LogP contribution in [0.15, 0.2) is 54.6 Å². The second-order valence-electron chi connectivity index (χ2n) is 8.95. The molecule has 0 aliphatic carbocycles. The number of nitrogens with two attached hydrogens (primary N) is 1. The van der Waals surface area contributed by atoms with Gasteiger partial charge in [0.25, 0.3) is 0 Å². The first-order chi connectivity index (χ1) is 18.4. The number of amides is 3. The number of rotatable bonds is 14. The van der Waals surface area contributed by atoms with Gasteiger partial charge in [0.1, 0.15) is 23.9 Å². The molecule has 0 aliphatic heterocycles. The fourth-order valence-corrected chi connectivity index (χ4v) is 3.61. The van der Waals surface area contributed by atoms with Crippen molar-refractivity contribution in [3.63, 3.8) is 0 Å². The molecule has 2 aromatic rings. The number of hydrogen-bond donors (Lipinski definition) is 8. The van der Waals surface area contributed by atoms with Gasteiger partial charge in [-0.1, -0.05) is 42.5 Å². The van der Waals surface area contributed by atoms with E-state index in [2.05, 4.69) is 16.0 Å². The molecule has 39 heavy (non-hydrogen) atoms. The van der Waals surface area contributed by atoms with Gasteiger partial charge in [-0.05, 0) is 36.6 Å². The lowest BCUT2D eigenvalue weighted by molar-refractivity contribution is -0.147. The Balaban J connectivity index is 2.20. The third-order valence-corrected chi connectivity index (χ3v) is 5.70. The normalized spacial score (nSPS) is 14.6. The van der Waals surface area contributed by atoms with Crippen molar-refractivity contribution in [2.75, 3.05) is 0 Å². The van der Waals surface area contributed by atoms with Gasteiger partial charge >= 0.3 is 11.9 Å². The molecule has 13 nitrogen and oxygen atoms in total. The highest BCUT2D eigenvalue weighted by atomic mass is 16.4. The average Bonchev–Trinajstić information content (AvgIpc) is 2.87. The number of phenolic OH excluding ortho intramolecular Hbond substituents is 1. The molecular weight excluding hydrogens is 512 g/mol. The van der Waals surface area contributed by atoms with E-state index in [1.165, 1.54) is 31.2 Å². The fraction of sp³-hybridized carbons (Fsp3) is 0.346. The van der Waals surface area contributed by atoms with Crippen molar-refractivity contribution in [3.8, 4) is 5.75 Å².